The third kappa shape index (κ3) is 5.68. The molecule has 36 heavy (non-hydrogen) atoms. The molecule has 2 aliphatic rings. The van der Waals surface area contributed by atoms with E-state index in [4.69, 9.17) is 23.2 Å². The van der Waals surface area contributed by atoms with E-state index in [0.29, 0.717) is 29.9 Å². The van der Waals surface area contributed by atoms with E-state index in [1.165, 1.54) is 14.2 Å². The number of carbonyl (C=O) groups excluding carboxylic acids is 1. The molecule has 190 valence electrons. The molecule has 3 aromatic rings. The molecule has 1 unspecified atom stereocenters. The fraction of sp³-hybridized carbons (Fsp3) is 0.387. The van der Waals surface area contributed by atoms with Crippen LogP contribution in [0.5, 0.6) is 11.5 Å². The number of benzene rings is 3. The second-order valence-electron chi connectivity index (χ2n) is 8.95. The van der Waals surface area contributed by atoms with Crippen LogP contribution in [0.1, 0.15) is 65.5 Å². The normalized spacial score (nSPS) is 25.2. The Kier molecular flexibility index (Phi) is 4.45. The number of ether oxygens (including phenoxy) is 2. The van der Waals surface area contributed by atoms with Crippen molar-refractivity contribution in [1.29, 1.82) is 0 Å². The molecule has 0 amide bonds. The Morgan fingerprint density at radius 1 is 0.889 bits per heavy atom. The van der Waals surface area contributed by atoms with Crippen molar-refractivity contribution < 1.29 is 54.9 Å². The number of piperidine rings is 1. The fourth-order valence-corrected chi connectivity index (χ4v) is 5.08. The second-order valence-corrected chi connectivity index (χ2v) is 8.95. The van der Waals surface area contributed by atoms with Crippen LogP contribution in [-0.2, 0) is 19.4 Å². The van der Waals surface area contributed by atoms with Gasteiger partial charge in [-0.05, 0) is 49.3 Å². The van der Waals surface area contributed by atoms with Crippen LogP contribution in [0.15, 0.2) is 72.6 Å². The summed E-state index contributed by atoms with van der Waals surface area (Å²) in [5.41, 5.74) is -0.280. The minimum atomic E-state index is -3.06. The summed E-state index contributed by atoms with van der Waals surface area (Å²) < 4.78 is 130. The second kappa shape index (κ2) is 11.6. The third-order valence-corrected chi connectivity index (χ3v) is 6.82. The van der Waals surface area contributed by atoms with E-state index in [2.05, 4.69) is 0 Å². The van der Waals surface area contributed by atoms with Gasteiger partial charge in [0.2, 0.25) is 0 Å². The molecule has 1 heterocycles. The van der Waals surface area contributed by atoms with E-state index in [1.807, 2.05) is 0 Å². The van der Waals surface area contributed by atoms with Crippen molar-refractivity contribution in [1.82, 2.24) is 0 Å². The number of Topliss-reactive ketones (excluding diaryl/α,β-unsaturated/α-hetero) is 1. The van der Waals surface area contributed by atoms with Crippen molar-refractivity contribution in [2.75, 3.05) is 27.3 Å². The Labute approximate surface area is 245 Å². The minimum Gasteiger partial charge on any atom is -1.00 e. The molecule has 3 aromatic carbocycles. The Balaban J connectivity index is 0.00000562. The van der Waals surface area contributed by atoms with Gasteiger partial charge in [0.25, 0.3) is 0 Å². The summed E-state index contributed by atoms with van der Waals surface area (Å²) in [5, 5.41) is 0. The first kappa shape index (κ1) is 13.8. The van der Waals surface area contributed by atoms with Crippen LogP contribution in [0.25, 0.3) is 0 Å². The Morgan fingerprint density at radius 3 is 1.94 bits per heavy atom. The van der Waals surface area contributed by atoms with Crippen molar-refractivity contribution >= 4 is 5.78 Å². The van der Waals surface area contributed by atoms with Crippen molar-refractivity contribution in [2.24, 2.45) is 11.8 Å². The quantitative estimate of drug-likeness (QED) is 0.395. The van der Waals surface area contributed by atoms with Gasteiger partial charge < -0.3 is 30.9 Å². The largest absolute Gasteiger partial charge is 1.00 e. The molecule has 1 atom stereocenters. The number of likely N-dealkylation sites (tertiary alicyclic amines) is 1. The number of hydrogen-bond acceptors (Lipinski definition) is 3. The first-order chi connectivity index (χ1) is 22.8. The van der Waals surface area contributed by atoms with Gasteiger partial charge >= 0.3 is 0 Å². The van der Waals surface area contributed by atoms with Crippen molar-refractivity contribution in [2.45, 2.75) is 38.7 Å². The van der Waals surface area contributed by atoms with Gasteiger partial charge in [-0.25, -0.2) is 0 Å². The van der Waals surface area contributed by atoms with Gasteiger partial charge in [-0.15, -0.1) is 0 Å². The van der Waals surface area contributed by atoms with Crippen LogP contribution < -0.4 is 26.5 Å². The molecule has 0 radical (unpaired) electrons. The minimum absolute atomic E-state index is 0. The van der Waals surface area contributed by atoms with Gasteiger partial charge in [0.15, 0.2) is 17.3 Å². The highest BCUT2D eigenvalue weighted by atomic mass is 79.9. The number of ketones is 1. The van der Waals surface area contributed by atoms with Crippen LogP contribution in [0.4, 0.5) is 0 Å². The van der Waals surface area contributed by atoms with Gasteiger partial charge in [-0.2, -0.15) is 0 Å². The summed E-state index contributed by atoms with van der Waals surface area (Å²) in [6.45, 7) is -6.80. The molecule has 1 aliphatic heterocycles. The molecule has 1 saturated heterocycles. The molecule has 0 aromatic heterocycles. The summed E-state index contributed by atoms with van der Waals surface area (Å²) in [7, 11) is 2.97. The Bertz CT molecular complexity index is 1720. The highest BCUT2D eigenvalue weighted by Gasteiger charge is 2.38. The fourth-order valence-electron chi connectivity index (χ4n) is 5.08. The first-order valence-corrected chi connectivity index (χ1v) is 11.6. The molecule has 4 nitrogen and oxygen atoms in total. The van der Waals surface area contributed by atoms with Crippen LogP contribution >= 0.6 is 0 Å². The molecule has 0 saturated carbocycles. The van der Waals surface area contributed by atoms with E-state index >= 15 is 0 Å². The van der Waals surface area contributed by atoms with E-state index in [-0.39, 0.29) is 54.6 Å². The van der Waals surface area contributed by atoms with Gasteiger partial charge in [0, 0.05) is 22.6 Å². The van der Waals surface area contributed by atoms with Gasteiger partial charge in [-0.3, -0.25) is 4.79 Å². The first-order valence-electron chi connectivity index (χ1n) is 18.6. The highest BCUT2D eigenvalue weighted by molar-refractivity contribution is 6.02. The maximum atomic E-state index is 13.5. The predicted octanol–water partition coefficient (Wildman–Crippen LogP) is 3.08. The smallest absolute Gasteiger partial charge is 0.166 e. The number of halogens is 1. The molecule has 1 aliphatic carbocycles. The molecular formula is C31H36BrNO3. The highest BCUT2D eigenvalue weighted by Crippen LogP contribution is 2.40. The van der Waals surface area contributed by atoms with Gasteiger partial charge in [0.1, 0.15) is 13.0 Å². The predicted molar refractivity (Wildman–Crippen MR) is 139 cm³/mol. The van der Waals surface area contributed by atoms with E-state index < -0.39 is 94.9 Å². The van der Waals surface area contributed by atoms with E-state index in [0.717, 1.165) is 5.56 Å². The molecule has 0 bridgehead atoms. The summed E-state index contributed by atoms with van der Waals surface area (Å²) in [4.78, 5) is 13.5. The molecular weight excluding hydrogens is 514 g/mol. The lowest BCUT2D eigenvalue weighted by Gasteiger charge is -2.44. The number of quaternary nitrogens is 1. The topological polar surface area (TPSA) is 35.5 Å². The molecule has 5 rings (SSSR count). The van der Waals surface area contributed by atoms with Crippen molar-refractivity contribution in [3.05, 3.63) is 94.8 Å². The lowest BCUT2D eigenvalue weighted by molar-refractivity contribution is -0.958. The van der Waals surface area contributed by atoms with Crippen LogP contribution in [0.3, 0.4) is 0 Å². The monoisotopic (exact) mass is 563 g/mol. The molecule has 5 heteroatoms. The maximum absolute atomic E-state index is 13.5. The van der Waals surface area contributed by atoms with Gasteiger partial charge in [-0.1, -0.05) is 60.4 Å². The summed E-state index contributed by atoms with van der Waals surface area (Å²) >= 11 is 0. The van der Waals surface area contributed by atoms with E-state index in [1.54, 1.807) is 12.1 Å². The average Bonchev–Trinajstić information content (AvgIpc) is 3.37. The Morgan fingerprint density at radius 2 is 1.42 bits per heavy atom. The molecule has 0 N–H and O–H groups in total. The average molecular weight is 565 g/mol. The standard InChI is InChI=1S/C31H36NO3.BrH/c1-34-29-19-26-18-27(31(33)28(26)20-30(29)35-2)17-23-13-15-32(16-14-23,21-24-9-5-3-6-10-24)22-25-11-7-4-8-12-25;/h3-12,19-20,23,27H,13-18,21-22H2,1-2H3;1H/q+1;/p-1/i3D,4D,5D,6D,7D,8D,9D,10D,11D,12D,21D2,22D2;. The van der Waals surface area contributed by atoms with Crippen LogP contribution in [-0.4, -0.2) is 37.6 Å². The third-order valence-electron chi connectivity index (χ3n) is 6.82. The number of fused-ring (bicyclic) bond motifs is 1. The van der Waals surface area contributed by atoms with Gasteiger partial charge in [0.05, 0.1) is 46.5 Å². The summed E-state index contributed by atoms with van der Waals surface area (Å²) in [5.74, 6) is 0.169. The number of methoxy groups -OCH3 is 2. The molecule has 0 spiro atoms. The lowest BCUT2D eigenvalue weighted by atomic mass is 9.84. The maximum Gasteiger partial charge on any atom is 0.166 e. The summed E-state index contributed by atoms with van der Waals surface area (Å²) in [6.07, 6.45) is 1.07. The lowest BCUT2D eigenvalue weighted by Crippen LogP contribution is -3.00. The molecule has 1 fully saturated rings. The number of rotatable bonds is 8. The number of nitrogens with zero attached hydrogens (tertiary/aromatic N) is 1. The van der Waals surface area contributed by atoms with E-state index in [9.17, 15) is 10.3 Å². The van der Waals surface area contributed by atoms with Crippen LogP contribution in [0.2, 0.25) is 0 Å². The van der Waals surface area contributed by atoms with Crippen molar-refractivity contribution in [3.8, 4) is 11.5 Å². The Hall–Kier alpha value is -2.63. The SMILES string of the molecule is [2H]c1c([2H])c([2H])c(C([2H])([2H])[N+]2(C([2H])([2H])c3c([2H])c([2H])c([2H])c([2H])c3[2H])CCC(CC3Cc4cc(OC)c(OC)cc4C3=O)CC2)c([2H])c1[2H].[Br-]. The zero-order valence-corrected chi connectivity index (χ0v) is 21.7. The van der Waals surface area contributed by atoms with Crippen LogP contribution in [0, 0.1) is 11.8 Å². The van der Waals surface area contributed by atoms with Crippen molar-refractivity contribution in [3.63, 3.8) is 0 Å². The zero-order chi connectivity index (χ0) is 36.5. The summed E-state index contributed by atoms with van der Waals surface area (Å²) in [6, 6.07) is -4.85. The number of hydrogen-bond donors (Lipinski definition) is 0. The number of carbonyl (C=O) groups is 1. The zero-order valence-electron chi connectivity index (χ0n) is 34.1.